The second-order valence-corrected chi connectivity index (χ2v) is 6.70. The molecule has 1 heterocycles. The highest BCUT2D eigenvalue weighted by molar-refractivity contribution is 5.58. The van der Waals surface area contributed by atoms with Gasteiger partial charge >= 0.3 is 6.18 Å². The van der Waals surface area contributed by atoms with E-state index >= 15 is 0 Å². The average molecular weight is 410 g/mol. The van der Waals surface area contributed by atoms with Gasteiger partial charge < -0.3 is 19.5 Å². The first-order valence-corrected chi connectivity index (χ1v) is 9.32. The molecule has 1 aliphatic heterocycles. The molecule has 8 heteroatoms. The van der Waals surface area contributed by atoms with Gasteiger partial charge in [-0.1, -0.05) is 18.2 Å². The molecule has 1 aliphatic rings. The van der Waals surface area contributed by atoms with Crippen molar-refractivity contribution in [1.82, 2.24) is 10.2 Å². The van der Waals surface area contributed by atoms with E-state index in [0.717, 1.165) is 6.07 Å². The smallest absolute Gasteiger partial charge is 0.416 e. The van der Waals surface area contributed by atoms with Gasteiger partial charge in [0.1, 0.15) is 0 Å². The predicted molar refractivity (Wildman–Crippen MR) is 104 cm³/mol. The Bertz CT molecular complexity index is 836. The number of piperazine rings is 1. The molecular weight excluding hydrogens is 385 g/mol. The maximum atomic E-state index is 13.8. The lowest BCUT2D eigenvalue weighted by molar-refractivity contribution is -0.138. The molecular formula is C21H25F3N2O3. The summed E-state index contributed by atoms with van der Waals surface area (Å²) >= 11 is 0. The van der Waals surface area contributed by atoms with Crippen LogP contribution in [-0.4, -0.2) is 52.4 Å². The van der Waals surface area contributed by atoms with Gasteiger partial charge in [0.25, 0.3) is 0 Å². The van der Waals surface area contributed by atoms with Crippen LogP contribution in [0.15, 0.2) is 36.4 Å². The number of halogens is 3. The minimum Gasteiger partial charge on any atom is -0.493 e. The van der Waals surface area contributed by atoms with Crippen LogP contribution in [0.25, 0.3) is 0 Å². The normalized spacial score (nSPS) is 16.3. The van der Waals surface area contributed by atoms with Crippen molar-refractivity contribution >= 4 is 0 Å². The van der Waals surface area contributed by atoms with Crippen LogP contribution in [0, 0.1) is 0 Å². The van der Waals surface area contributed by atoms with Crippen LogP contribution in [0.1, 0.15) is 22.7 Å². The third kappa shape index (κ3) is 4.28. The molecule has 0 aromatic heterocycles. The highest BCUT2D eigenvalue weighted by Crippen LogP contribution is 2.47. The summed E-state index contributed by atoms with van der Waals surface area (Å²) in [6, 6.07) is 8.50. The first-order valence-electron chi connectivity index (χ1n) is 9.32. The summed E-state index contributed by atoms with van der Waals surface area (Å²) in [6.45, 7) is 2.60. The Hall–Kier alpha value is -2.45. The number of rotatable bonds is 6. The molecule has 0 spiro atoms. The van der Waals surface area contributed by atoms with Gasteiger partial charge in [-0.2, -0.15) is 13.2 Å². The van der Waals surface area contributed by atoms with Gasteiger partial charge in [0.05, 0.1) is 32.9 Å². The van der Waals surface area contributed by atoms with Gasteiger partial charge in [-0.15, -0.1) is 0 Å². The van der Waals surface area contributed by atoms with Crippen molar-refractivity contribution in [3.63, 3.8) is 0 Å². The fraction of sp³-hybridized carbons (Fsp3) is 0.429. The lowest BCUT2D eigenvalue weighted by atomic mass is 9.91. The Labute approximate surface area is 168 Å². The Morgan fingerprint density at radius 3 is 2.10 bits per heavy atom. The second kappa shape index (κ2) is 8.92. The zero-order valence-electron chi connectivity index (χ0n) is 16.7. The summed E-state index contributed by atoms with van der Waals surface area (Å²) in [5, 5.41) is 3.25. The van der Waals surface area contributed by atoms with Crippen molar-refractivity contribution in [2.75, 3.05) is 47.5 Å². The molecule has 0 aliphatic carbocycles. The highest BCUT2D eigenvalue weighted by atomic mass is 19.4. The quantitative estimate of drug-likeness (QED) is 0.786. The van der Waals surface area contributed by atoms with E-state index in [4.69, 9.17) is 14.2 Å². The van der Waals surface area contributed by atoms with Gasteiger partial charge in [0.15, 0.2) is 11.5 Å². The number of ether oxygens (including phenoxy) is 3. The number of hydrogen-bond acceptors (Lipinski definition) is 5. The Morgan fingerprint density at radius 1 is 0.862 bits per heavy atom. The van der Waals surface area contributed by atoms with Crippen LogP contribution in [-0.2, 0) is 6.18 Å². The maximum absolute atomic E-state index is 13.8. The number of methoxy groups -OCH3 is 3. The molecule has 0 saturated carbocycles. The van der Waals surface area contributed by atoms with Crippen molar-refractivity contribution in [1.29, 1.82) is 0 Å². The van der Waals surface area contributed by atoms with Crippen molar-refractivity contribution in [3.05, 3.63) is 53.1 Å². The van der Waals surface area contributed by atoms with Gasteiger partial charge in [-0.05, 0) is 23.8 Å². The van der Waals surface area contributed by atoms with Gasteiger partial charge in [-0.3, -0.25) is 4.90 Å². The number of hydrogen-bond donors (Lipinski definition) is 1. The number of nitrogens with zero attached hydrogens (tertiary/aromatic N) is 1. The fourth-order valence-electron chi connectivity index (χ4n) is 3.83. The minimum atomic E-state index is -4.47. The molecule has 158 valence electrons. The van der Waals surface area contributed by atoms with Crippen LogP contribution in [0.3, 0.4) is 0 Å². The van der Waals surface area contributed by atoms with E-state index in [1.165, 1.54) is 33.5 Å². The lowest BCUT2D eigenvalue weighted by Gasteiger charge is -2.37. The number of benzene rings is 2. The SMILES string of the molecule is COc1ccc(C(c2ccccc2C(F)(F)F)N2CCNCC2)c(OC)c1OC. The molecule has 5 nitrogen and oxygen atoms in total. The molecule has 0 bridgehead atoms. The van der Waals surface area contributed by atoms with E-state index in [1.807, 2.05) is 4.90 Å². The van der Waals surface area contributed by atoms with E-state index in [0.29, 0.717) is 49.0 Å². The zero-order chi connectivity index (χ0) is 21.0. The van der Waals surface area contributed by atoms with Crippen LogP contribution >= 0.6 is 0 Å². The third-order valence-electron chi connectivity index (χ3n) is 5.11. The third-order valence-corrected chi connectivity index (χ3v) is 5.11. The molecule has 2 aromatic carbocycles. The molecule has 1 N–H and O–H groups in total. The molecule has 3 rings (SSSR count). The Morgan fingerprint density at radius 2 is 1.52 bits per heavy atom. The zero-order valence-corrected chi connectivity index (χ0v) is 16.7. The minimum absolute atomic E-state index is 0.187. The number of nitrogens with one attached hydrogen (secondary N) is 1. The number of alkyl halides is 3. The van der Waals surface area contributed by atoms with Crippen molar-refractivity contribution in [3.8, 4) is 17.2 Å². The van der Waals surface area contributed by atoms with Crippen molar-refractivity contribution in [2.45, 2.75) is 12.2 Å². The lowest BCUT2D eigenvalue weighted by Crippen LogP contribution is -2.45. The molecule has 1 unspecified atom stereocenters. The van der Waals surface area contributed by atoms with E-state index in [2.05, 4.69) is 5.32 Å². The average Bonchev–Trinajstić information content (AvgIpc) is 2.73. The van der Waals surface area contributed by atoms with E-state index in [9.17, 15) is 13.2 Å². The van der Waals surface area contributed by atoms with Crippen LogP contribution in [0.5, 0.6) is 17.2 Å². The summed E-state index contributed by atoms with van der Waals surface area (Å²) in [4.78, 5) is 2.03. The first kappa shape index (κ1) is 21.3. The van der Waals surface area contributed by atoms with Crippen molar-refractivity contribution < 1.29 is 27.4 Å². The summed E-state index contributed by atoms with van der Waals surface area (Å²) in [5.74, 6) is 1.18. The van der Waals surface area contributed by atoms with Crippen LogP contribution < -0.4 is 19.5 Å². The van der Waals surface area contributed by atoms with Gasteiger partial charge in [-0.25, -0.2) is 0 Å². The molecule has 1 saturated heterocycles. The predicted octanol–water partition coefficient (Wildman–Crippen LogP) is 3.73. The monoisotopic (exact) mass is 410 g/mol. The molecule has 1 atom stereocenters. The van der Waals surface area contributed by atoms with Crippen LogP contribution in [0.4, 0.5) is 13.2 Å². The second-order valence-electron chi connectivity index (χ2n) is 6.70. The van der Waals surface area contributed by atoms with Crippen molar-refractivity contribution in [2.24, 2.45) is 0 Å². The fourth-order valence-corrected chi connectivity index (χ4v) is 3.83. The van der Waals surface area contributed by atoms with E-state index < -0.39 is 17.8 Å². The van der Waals surface area contributed by atoms with Gasteiger partial charge in [0.2, 0.25) is 5.75 Å². The Balaban J connectivity index is 2.24. The topological polar surface area (TPSA) is 43.0 Å². The Kier molecular flexibility index (Phi) is 6.54. The molecule has 1 fully saturated rings. The van der Waals surface area contributed by atoms with E-state index in [1.54, 1.807) is 18.2 Å². The molecule has 0 radical (unpaired) electrons. The first-order chi connectivity index (χ1) is 13.9. The molecule has 29 heavy (non-hydrogen) atoms. The summed E-state index contributed by atoms with van der Waals surface area (Å²) in [5.41, 5.74) is 0.136. The summed E-state index contributed by atoms with van der Waals surface area (Å²) in [7, 11) is 4.46. The largest absolute Gasteiger partial charge is 0.493 e. The highest BCUT2D eigenvalue weighted by Gasteiger charge is 2.38. The van der Waals surface area contributed by atoms with Gasteiger partial charge in [0, 0.05) is 31.7 Å². The maximum Gasteiger partial charge on any atom is 0.416 e. The van der Waals surface area contributed by atoms with E-state index in [-0.39, 0.29) is 5.56 Å². The molecule has 2 aromatic rings. The summed E-state index contributed by atoms with van der Waals surface area (Å²) < 4.78 is 57.9. The van der Waals surface area contributed by atoms with Crippen LogP contribution in [0.2, 0.25) is 0 Å². The summed E-state index contributed by atoms with van der Waals surface area (Å²) in [6.07, 6.45) is -4.47. The standard InChI is InChI=1S/C21H25F3N2O3/c1-27-17-9-8-15(19(28-2)20(17)29-3)18(26-12-10-25-11-13-26)14-6-4-5-7-16(14)21(22,23)24/h4-9,18,25H,10-13H2,1-3H3. The molecule has 0 amide bonds.